The van der Waals surface area contributed by atoms with Crippen molar-refractivity contribution in [3.05, 3.63) is 278 Å². The van der Waals surface area contributed by atoms with Gasteiger partial charge in [-0.05, 0) is 215 Å². The number of aromatic hydroxyl groups is 1. The number of carboxylic acids is 3. The van der Waals surface area contributed by atoms with E-state index < -0.39 is 54.0 Å². The van der Waals surface area contributed by atoms with Crippen LogP contribution in [0.4, 0.5) is 0 Å². The molecule has 0 aliphatic carbocycles. The molecular weight excluding hydrogens is 1660 g/mol. The molecule has 720 valence electrons. The molecular formula is C109H161N4NaO17. The Morgan fingerprint density at radius 1 is 0.382 bits per heavy atom. The number of allylic oxidation sites excluding steroid dienone is 36. The zero-order chi connectivity index (χ0) is 97.7. The second-order valence-corrected chi connectivity index (χ2v) is 31.0. The normalized spacial score (nSPS) is 12.8. The van der Waals surface area contributed by atoms with Crippen LogP contribution in [-0.2, 0) is 43.0 Å². The van der Waals surface area contributed by atoms with Gasteiger partial charge >= 0.3 is 65.4 Å². The third-order valence-electron chi connectivity index (χ3n) is 17.4. The summed E-state index contributed by atoms with van der Waals surface area (Å²) in [5.74, 6) is -4.14. The first-order chi connectivity index (χ1) is 62.5. The molecule has 21 nitrogen and oxygen atoms in total. The van der Waals surface area contributed by atoms with Crippen molar-refractivity contribution in [2.75, 3.05) is 13.7 Å². The van der Waals surface area contributed by atoms with Crippen LogP contribution in [-0.4, -0.2) is 117 Å². The van der Waals surface area contributed by atoms with E-state index in [0.717, 1.165) is 116 Å². The molecule has 2 rings (SSSR count). The molecule has 0 spiro atoms. The Morgan fingerprint density at radius 2 is 0.634 bits per heavy atom. The van der Waals surface area contributed by atoms with Crippen molar-refractivity contribution in [2.24, 2.45) is 29.4 Å². The minimum absolute atomic E-state index is 0. The van der Waals surface area contributed by atoms with Gasteiger partial charge in [-0.2, -0.15) is 0 Å². The number of benzene rings is 2. The van der Waals surface area contributed by atoms with Crippen LogP contribution in [0.15, 0.2) is 267 Å². The summed E-state index contributed by atoms with van der Waals surface area (Å²) in [4.78, 5) is 105. The minimum atomic E-state index is -1.11. The molecule has 0 radical (unpaired) electrons. The third kappa shape index (κ3) is 89.6. The number of carboxylic acid groups (broad SMARTS) is 3. The number of nitrogens with one attached hydrogen (secondary N) is 3. The van der Waals surface area contributed by atoms with E-state index in [1.807, 2.05) is 85.8 Å². The predicted molar refractivity (Wildman–Crippen MR) is 536 cm³/mol. The van der Waals surface area contributed by atoms with Gasteiger partial charge in [0.1, 0.15) is 48.2 Å². The van der Waals surface area contributed by atoms with Gasteiger partial charge in [0.05, 0.1) is 13.7 Å². The molecule has 0 aliphatic heterocycles. The molecule has 0 bridgehead atoms. The fourth-order valence-electron chi connectivity index (χ4n) is 10.9. The number of phenols is 1. The number of ether oxygens (including phenoxy) is 3. The molecule has 2 aromatic rings. The Balaban J connectivity index is -0.000000403. The van der Waals surface area contributed by atoms with E-state index in [2.05, 4.69) is 232 Å². The van der Waals surface area contributed by atoms with Crippen LogP contribution in [0.1, 0.15) is 285 Å². The number of hydrogen-bond donors (Lipinski definition) is 8. The number of esters is 3. The number of hydrogen-bond acceptors (Lipinski definition) is 15. The number of amides is 3. The molecule has 2 aromatic carbocycles. The molecule has 4 unspecified atom stereocenters. The summed E-state index contributed by atoms with van der Waals surface area (Å²) >= 11 is 0. The van der Waals surface area contributed by atoms with Crippen molar-refractivity contribution in [1.82, 2.24) is 16.0 Å². The minimum Gasteiger partial charge on any atom is -0.870 e. The summed E-state index contributed by atoms with van der Waals surface area (Å²) < 4.78 is 21.1. The molecule has 10 N–H and O–H groups in total. The van der Waals surface area contributed by atoms with Crippen LogP contribution in [0.25, 0.3) is 0 Å². The maximum absolute atomic E-state index is 12.9. The Kier molecular flexibility index (Phi) is 95.2. The van der Waals surface area contributed by atoms with Gasteiger partial charge in [0, 0.05) is 19.3 Å². The molecule has 0 aliphatic rings. The van der Waals surface area contributed by atoms with Gasteiger partial charge in [-0.1, -0.05) is 319 Å². The first-order valence-corrected chi connectivity index (χ1v) is 45.8. The number of terminal acetylenes is 1. The van der Waals surface area contributed by atoms with Gasteiger partial charge in [-0.3, -0.25) is 19.2 Å². The fraction of sp³-hybridized carbons (Fsp3) is 0.459. The molecule has 3 amide bonds. The number of carbonyl (C=O) groups is 9. The summed E-state index contributed by atoms with van der Waals surface area (Å²) in [6, 6.07) is 9.38. The summed E-state index contributed by atoms with van der Waals surface area (Å²) in [5.41, 5.74) is 5.32. The van der Waals surface area contributed by atoms with Crippen molar-refractivity contribution in [1.29, 1.82) is 0 Å². The maximum Gasteiger partial charge on any atom is 1.00 e. The molecule has 131 heavy (non-hydrogen) atoms. The summed E-state index contributed by atoms with van der Waals surface area (Å²) in [6.07, 6.45) is 105. The smallest absolute Gasteiger partial charge is 0.870 e. The Hall–Kier alpha value is -10.7. The molecule has 0 aromatic heterocycles. The predicted octanol–water partition coefficient (Wildman–Crippen LogP) is 21.6. The SMILES string of the molecule is CC(C)CC(N)C(=O)O.CC/C=C\C/C=C\C/C=C\C/C=C\C/C=C\C/C=C\CCC(=O)NC(CC(C)C)C(=O)O.CC/C=C\C/C=C\C/C=C\C/C=C\C/C=C\C/C=C\CCC(=O)NC(CC(C)C)C(=O)OC.CC/C=C\C/C=C\C/C=C\C/C=C\C/C=C\C/C=C\CCC(=O)NC(CC(C)C)C(=O)Oc1ccccc1C(=O)OCC.O=C(O)c1ccccc1O.[2H]C#C.[Na+].[OH-]. The monoisotopic (exact) mass is 1820 g/mol. The second kappa shape index (κ2) is 96.8. The Morgan fingerprint density at radius 3 is 0.870 bits per heavy atom. The van der Waals surface area contributed by atoms with E-state index >= 15 is 0 Å². The zero-order valence-electron chi connectivity index (χ0n) is 82.3. The van der Waals surface area contributed by atoms with Crippen LogP contribution in [0, 0.1) is 36.5 Å². The Bertz CT molecular complexity index is 3990. The fourth-order valence-corrected chi connectivity index (χ4v) is 10.9. The molecule has 0 saturated heterocycles. The van der Waals surface area contributed by atoms with Gasteiger partial charge in [0.2, 0.25) is 17.7 Å². The quantitative estimate of drug-likeness (QED) is 0.0100. The van der Waals surface area contributed by atoms with Crippen LogP contribution in [0.3, 0.4) is 0 Å². The summed E-state index contributed by atoms with van der Waals surface area (Å²) in [7, 11) is 1.35. The van der Waals surface area contributed by atoms with Gasteiger partial charge in [-0.15, -0.1) is 12.8 Å². The van der Waals surface area contributed by atoms with Gasteiger partial charge < -0.3 is 61.8 Å². The molecule has 4 atom stereocenters. The van der Waals surface area contributed by atoms with E-state index in [1.165, 1.54) is 25.6 Å². The van der Waals surface area contributed by atoms with Crippen molar-refractivity contribution in [3.63, 3.8) is 0 Å². The first-order valence-electron chi connectivity index (χ1n) is 46.3. The van der Waals surface area contributed by atoms with Gasteiger partial charge in [0.25, 0.3) is 0 Å². The van der Waals surface area contributed by atoms with Crippen LogP contribution in [0.5, 0.6) is 11.5 Å². The molecule has 0 saturated carbocycles. The largest absolute Gasteiger partial charge is 1.00 e. The number of para-hydroxylation sites is 2. The van der Waals surface area contributed by atoms with E-state index in [0.29, 0.717) is 69.6 Å². The first kappa shape index (κ1) is 129. The summed E-state index contributed by atoms with van der Waals surface area (Å²) in [6.45, 7) is 24.1. The van der Waals surface area contributed by atoms with Crippen LogP contribution in [0.2, 0.25) is 0 Å². The Labute approximate surface area is 811 Å². The number of carbonyl (C=O) groups excluding carboxylic acids is 6. The van der Waals surface area contributed by atoms with E-state index in [1.54, 1.807) is 43.3 Å². The number of aliphatic carboxylic acids is 2. The molecule has 22 heteroatoms. The topological polar surface area (TPSA) is 354 Å². The maximum atomic E-state index is 12.9. The van der Waals surface area contributed by atoms with Gasteiger partial charge in [-0.25, -0.2) is 24.0 Å². The van der Waals surface area contributed by atoms with Crippen LogP contribution >= 0.6 is 0 Å². The van der Waals surface area contributed by atoms with Crippen molar-refractivity contribution in [3.8, 4) is 24.3 Å². The zero-order valence-corrected chi connectivity index (χ0v) is 83.3. The standard InChI is InChI=1S/C37H51NO5.C29H45NO3.C28H43NO3.C7H6O3.C6H13NO2.C2H2.Na.H2O/c1-5-7-8-9-10-11-12-13-14-15-16-17-18-19-20-21-22-23-24-29-35(39)38-33(30-31(3)4)37(41)43-34-28-26-25-27-32(34)36(40)42-6-2;1-5-6-7-8-9-10-11-12-13-14-15-16-17-18-19-20-21-22-23-24-28(31)30-27(25-26(2)3)29(32)33-4;1-4-5-6-7-8-9-10-11-12-13-14-15-16-17-18-19-20-21-22-23-27(30)29-26(28(31)32)24-25(2)3;8-6-4-2-1-3-5(6)7(9)10;1-4(2)3-5(7)6(8)9;1-2;;/h7-8,10-11,13-14,16-17,19-20,22-23,25-28,31,33H,5-6,9,12,15,18,21,24,29-30H2,1-4H3,(H,38,39);6-7,9-10,12-13,15-16,18-19,21-22,26-27H,5,8,11,14,17,20,23-25H2,1-4H3,(H,30,31);5-6,8-9,11-12,14-15,17-18,20-21,25-26H,4,7,10,13,16,19,22-24H2,1-3H3,(H,29,30)(H,31,32);1-4,8H,(H,9,10);4-5H,3,7H2,1-2H3,(H,8,9);1-2H;;1H2/q;;;;;;+1;/p-1/b8-7-,11-10-,14-13-,17-16-,20-19-,23-22-;7-6-,10-9-,13-12-,16-15-,19-18-,22-21-;6-5-,9-8-,12-11-,15-14-,18-17-,21-20-;;;;;/i;;;;;1D;;. The van der Waals surface area contributed by atoms with E-state index in [-0.39, 0.29) is 106 Å². The number of aromatic carboxylic acids is 1. The number of rotatable bonds is 61. The van der Waals surface area contributed by atoms with Crippen molar-refractivity contribution >= 4 is 53.5 Å². The van der Waals surface area contributed by atoms with E-state index in [4.69, 9.17) is 41.7 Å². The average molecular weight is 1820 g/mol. The van der Waals surface area contributed by atoms with Crippen LogP contribution < -0.4 is 56.0 Å². The third-order valence-corrected chi connectivity index (χ3v) is 17.4. The van der Waals surface area contributed by atoms with Crippen molar-refractivity contribution in [2.45, 2.75) is 287 Å². The molecule has 0 heterocycles. The van der Waals surface area contributed by atoms with Crippen molar-refractivity contribution < 1.29 is 114 Å². The number of nitrogens with two attached hydrogens (primary N) is 1. The molecule has 0 fully saturated rings. The van der Waals surface area contributed by atoms with Gasteiger partial charge in [0.15, 0.2) is 0 Å². The van der Waals surface area contributed by atoms with E-state index in [9.17, 15) is 43.2 Å². The summed E-state index contributed by atoms with van der Waals surface area (Å²) in [5, 5.41) is 43.0. The second-order valence-electron chi connectivity index (χ2n) is 31.0. The number of methoxy groups -OCH3 is 1. The average Bonchev–Trinajstić information content (AvgIpc) is 0.845.